The van der Waals surface area contributed by atoms with E-state index in [1.807, 2.05) is 11.0 Å². The molecule has 1 aliphatic rings. The molecule has 0 amide bonds. The Morgan fingerprint density at radius 3 is 2.77 bits per heavy atom. The van der Waals surface area contributed by atoms with Crippen molar-refractivity contribution in [2.24, 2.45) is 0 Å². The highest BCUT2D eigenvalue weighted by Crippen LogP contribution is 2.33. The van der Waals surface area contributed by atoms with E-state index in [9.17, 15) is 8.78 Å². The van der Waals surface area contributed by atoms with Crippen molar-refractivity contribution >= 4 is 51.3 Å². The van der Waals surface area contributed by atoms with Crippen LogP contribution < -0.4 is 10.2 Å². The van der Waals surface area contributed by atoms with Gasteiger partial charge in [0.2, 0.25) is 11.2 Å². The maximum atomic E-state index is 14.1. The van der Waals surface area contributed by atoms with Crippen molar-refractivity contribution in [1.82, 2.24) is 19.9 Å². The highest BCUT2D eigenvalue weighted by molar-refractivity contribution is 6.32. The molecule has 156 valence electrons. The van der Waals surface area contributed by atoms with Crippen LogP contribution in [-0.4, -0.2) is 26.5 Å². The summed E-state index contributed by atoms with van der Waals surface area (Å²) in [7, 11) is 0. The Hall–Kier alpha value is -3.10. The molecule has 0 saturated heterocycles. The molecule has 4 heterocycles. The van der Waals surface area contributed by atoms with E-state index in [0.29, 0.717) is 41.9 Å². The molecule has 6 nitrogen and oxygen atoms in total. The number of pyridine rings is 2. The first-order valence-electron chi connectivity index (χ1n) is 9.40. The Bertz CT molecular complexity index is 1320. The third-order valence-electron chi connectivity index (χ3n) is 5.07. The maximum absolute atomic E-state index is 14.1. The molecule has 0 atom stereocenters. The van der Waals surface area contributed by atoms with Crippen LogP contribution in [0.25, 0.3) is 10.9 Å². The molecule has 3 aromatic heterocycles. The molecule has 0 unspecified atom stereocenters. The summed E-state index contributed by atoms with van der Waals surface area (Å²) in [6, 6.07) is 7.91. The molecule has 31 heavy (non-hydrogen) atoms. The number of nitrogens with zero attached hydrogens (tertiary/aromatic N) is 5. The molecule has 0 bridgehead atoms. The third kappa shape index (κ3) is 3.84. The zero-order valence-electron chi connectivity index (χ0n) is 15.9. The van der Waals surface area contributed by atoms with Crippen LogP contribution in [0.4, 0.5) is 26.0 Å². The highest BCUT2D eigenvalue weighted by Gasteiger charge is 2.22. The molecular formula is C21H14Cl2F2N6. The molecular weight excluding hydrogens is 445 g/mol. The van der Waals surface area contributed by atoms with Gasteiger partial charge in [-0.2, -0.15) is 9.37 Å². The average Bonchev–Trinajstić information content (AvgIpc) is 2.75. The minimum absolute atomic E-state index is 0.0280. The Balaban J connectivity index is 1.49. The number of halogens is 4. The molecule has 0 fully saturated rings. The predicted octanol–water partition coefficient (Wildman–Crippen LogP) is 5.31. The largest absolute Gasteiger partial charge is 0.351 e. The van der Waals surface area contributed by atoms with Crippen molar-refractivity contribution in [2.45, 2.75) is 13.0 Å². The fourth-order valence-corrected chi connectivity index (χ4v) is 3.96. The van der Waals surface area contributed by atoms with Gasteiger partial charge in [0, 0.05) is 36.8 Å². The summed E-state index contributed by atoms with van der Waals surface area (Å²) in [6.07, 6.45) is 3.71. The van der Waals surface area contributed by atoms with Crippen molar-refractivity contribution in [3.8, 4) is 0 Å². The Morgan fingerprint density at radius 1 is 1.06 bits per heavy atom. The molecule has 0 aliphatic carbocycles. The van der Waals surface area contributed by atoms with E-state index in [1.54, 1.807) is 18.3 Å². The van der Waals surface area contributed by atoms with Crippen molar-refractivity contribution in [3.63, 3.8) is 0 Å². The lowest BCUT2D eigenvalue weighted by Crippen LogP contribution is -2.32. The van der Waals surface area contributed by atoms with Gasteiger partial charge in [0.15, 0.2) is 0 Å². The first-order chi connectivity index (χ1) is 15.0. The topological polar surface area (TPSA) is 66.8 Å². The summed E-state index contributed by atoms with van der Waals surface area (Å²) >= 11 is 12.0. The minimum Gasteiger partial charge on any atom is -0.351 e. The number of benzene rings is 1. The number of aromatic nitrogens is 4. The second-order valence-electron chi connectivity index (χ2n) is 7.07. The van der Waals surface area contributed by atoms with Crippen LogP contribution in [-0.2, 0) is 13.0 Å². The molecule has 1 aromatic carbocycles. The lowest BCUT2D eigenvalue weighted by molar-refractivity contribution is 0.588. The Morgan fingerprint density at radius 2 is 1.94 bits per heavy atom. The van der Waals surface area contributed by atoms with Crippen LogP contribution in [0.15, 0.2) is 42.7 Å². The Kier molecular flexibility index (Phi) is 5.03. The summed E-state index contributed by atoms with van der Waals surface area (Å²) in [5, 5.41) is 3.55. The number of hydrogen-bond donors (Lipinski definition) is 1. The monoisotopic (exact) mass is 458 g/mol. The Labute approximate surface area is 185 Å². The van der Waals surface area contributed by atoms with E-state index < -0.39 is 11.8 Å². The second kappa shape index (κ2) is 7.86. The van der Waals surface area contributed by atoms with Gasteiger partial charge < -0.3 is 10.2 Å². The van der Waals surface area contributed by atoms with Crippen LogP contribution in [0.3, 0.4) is 0 Å². The number of hydrogen-bond acceptors (Lipinski definition) is 6. The molecule has 10 heteroatoms. The summed E-state index contributed by atoms with van der Waals surface area (Å²) in [5.41, 5.74) is 3.24. The first-order valence-corrected chi connectivity index (χ1v) is 10.2. The van der Waals surface area contributed by atoms with Gasteiger partial charge in [-0.05, 0) is 47.5 Å². The lowest BCUT2D eigenvalue weighted by Gasteiger charge is -2.30. The van der Waals surface area contributed by atoms with Gasteiger partial charge >= 0.3 is 0 Å². The van der Waals surface area contributed by atoms with E-state index in [-0.39, 0.29) is 16.0 Å². The summed E-state index contributed by atoms with van der Waals surface area (Å²) < 4.78 is 28.0. The van der Waals surface area contributed by atoms with Gasteiger partial charge in [-0.25, -0.2) is 14.4 Å². The first kappa shape index (κ1) is 19.8. The van der Waals surface area contributed by atoms with Crippen LogP contribution >= 0.6 is 23.2 Å². The van der Waals surface area contributed by atoms with Crippen molar-refractivity contribution in [1.29, 1.82) is 0 Å². The van der Waals surface area contributed by atoms with Gasteiger partial charge in [-0.3, -0.25) is 4.98 Å². The fraction of sp³-hybridized carbons (Fsp3) is 0.143. The molecule has 0 saturated carbocycles. The van der Waals surface area contributed by atoms with E-state index in [1.165, 1.54) is 18.3 Å². The summed E-state index contributed by atoms with van der Waals surface area (Å²) in [4.78, 5) is 18.6. The molecule has 5 rings (SSSR count). The summed E-state index contributed by atoms with van der Waals surface area (Å²) in [5.74, 6) is -0.622. The number of nitrogens with one attached hydrogen (secondary N) is 1. The quantitative estimate of drug-likeness (QED) is 0.331. The van der Waals surface area contributed by atoms with E-state index >= 15 is 0 Å². The number of anilines is 3. The maximum Gasteiger partial charge on any atom is 0.236 e. The van der Waals surface area contributed by atoms with Gasteiger partial charge in [0.05, 0.1) is 28.1 Å². The molecule has 0 spiro atoms. The SMILES string of the molecule is Fc1cc2c(N3CCc4ncc(Nc5cccnc5F)cc4C3)nc(Cl)nc2cc1Cl. The van der Waals surface area contributed by atoms with E-state index in [2.05, 4.69) is 25.3 Å². The van der Waals surface area contributed by atoms with Gasteiger partial charge in [0.1, 0.15) is 11.6 Å². The van der Waals surface area contributed by atoms with Gasteiger partial charge in [0.25, 0.3) is 0 Å². The average molecular weight is 459 g/mol. The second-order valence-corrected chi connectivity index (χ2v) is 7.81. The standard InChI is InChI=1S/C21H14Cl2F2N6/c22-14-8-18-13(7-15(14)24)20(30-21(23)29-18)31-5-3-16-11(10-31)6-12(9-27-16)28-17-2-1-4-26-19(17)25/h1-2,4,6-9,28H,3,5,10H2. The van der Waals surface area contributed by atoms with Crippen molar-refractivity contribution < 1.29 is 8.78 Å². The molecule has 1 N–H and O–H groups in total. The molecule has 1 aliphatic heterocycles. The number of fused-ring (bicyclic) bond motifs is 2. The molecule has 0 radical (unpaired) electrons. The van der Waals surface area contributed by atoms with E-state index in [4.69, 9.17) is 23.2 Å². The smallest absolute Gasteiger partial charge is 0.236 e. The van der Waals surface area contributed by atoms with Crippen LogP contribution in [0.2, 0.25) is 10.3 Å². The zero-order chi connectivity index (χ0) is 21.5. The summed E-state index contributed by atoms with van der Waals surface area (Å²) in [6.45, 7) is 1.09. The van der Waals surface area contributed by atoms with Crippen molar-refractivity contribution in [3.05, 3.63) is 76.1 Å². The minimum atomic E-state index is -0.593. The highest BCUT2D eigenvalue weighted by atomic mass is 35.5. The fourth-order valence-electron chi connectivity index (χ4n) is 3.63. The number of rotatable bonds is 3. The lowest BCUT2D eigenvalue weighted by atomic mass is 10.0. The predicted molar refractivity (Wildman–Crippen MR) is 116 cm³/mol. The normalized spacial score (nSPS) is 13.4. The van der Waals surface area contributed by atoms with E-state index in [0.717, 1.165) is 11.3 Å². The van der Waals surface area contributed by atoms with Gasteiger partial charge in [-0.15, -0.1) is 0 Å². The van der Waals surface area contributed by atoms with Gasteiger partial charge in [-0.1, -0.05) is 11.6 Å². The van der Waals surface area contributed by atoms with Crippen LogP contribution in [0.1, 0.15) is 11.3 Å². The molecule has 4 aromatic rings. The zero-order valence-corrected chi connectivity index (χ0v) is 17.4. The van der Waals surface area contributed by atoms with Crippen molar-refractivity contribution in [2.75, 3.05) is 16.8 Å². The van der Waals surface area contributed by atoms with Crippen LogP contribution in [0.5, 0.6) is 0 Å². The third-order valence-corrected chi connectivity index (χ3v) is 5.53. The van der Waals surface area contributed by atoms with Crippen LogP contribution in [0, 0.1) is 11.8 Å².